The van der Waals surface area contributed by atoms with Crippen LogP contribution in [0.1, 0.15) is 5.56 Å². The summed E-state index contributed by atoms with van der Waals surface area (Å²) in [5.74, 6) is 0.739. The fourth-order valence-electron chi connectivity index (χ4n) is 2.96. The van der Waals surface area contributed by atoms with E-state index in [0.717, 1.165) is 45.1 Å². The maximum atomic E-state index is 5.81. The standard InChI is InChI=1S/C17H21ClN2/c18-8-9-19-10-12-20(13-11-19)14-16-6-3-5-15-4-1-2-7-17(15)16/h1-7H,8-14H2. The van der Waals surface area contributed by atoms with E-state index in [-0.39, 0.29) is 0 Å². The SMILES string of the molecule is ClCCN1CCN(Cc2cccc3ccccc23)CC1. The Morgan fingerprint density at radius 1 is 0.850 bits per heavy atom. The zero-order chi connectivity index (χ0) is 13.8. The average Bonchev–Trinajstić information content (AvgIpc) is 2.50. The Hall–Kier alpha value is -1.09. The molecule has 0 N–H and O–H groups in total. The Kier molecular flexibility index (Phi) is 4.56. The third-order valence-corrected chi connectivity index (χ3v) is 4.31. The first-order valence-electron chi connectivity index (χ1n) is 7.34. The molecule has 0 unspecified atom stereocenters. The van der Waals surface area contributed by atoms with Gasteiger partial charge in [0.05, 0.1) is 0 Å². The van der Waals surface area contributed by atoms with Crippen molar-refractivity contribution in [1.29, 1.82) is 0 Å². The van der Waals surface area contributed by atoms with E-state index in [1.54, 1.807) is 0 Å². The van der Waals surface area contributed by atoms with Crippen molar-refractivity contribution in [3.8, 4) is 0 Å². The third-order valence-electron chi connectivity index (χ3n) is 4.14. The second-order valence-corrected chi connectivity index (χ2v) is 5.82. The van der Waals surface area contributed by atoms with Gasteiger partial charge >= 0.3 is 0 Å². The van der Waals surface area contributed by atoms with E-state index in [2.05, 4.69) is 52.3 Å². The van der Waals surface area contributed by atoms with Crippen LogP contribution in [0, 0.1) is 0 Å². The minimum Gasteiger partial charge on any atom is -0.300 e. The van der Waals surface area contributed by atoms with Crippen molar-refractivity contribution in [2.24, 2.45) is 0 Å². The molecule has 1 aliphatic rings. The van der Waals surface area contributed by atoms with Crippen molar-refractivity contribution in [2.45, 2.75) is 6.54 Å². The number of alkyl halides is 1. The van der Waals surface area contributed by atoms with Gasteiger partial charge in [-0.25, -0.2) is 0 Å². The molecule has 0 bridgehead atoms. The van der Waals surface area contributed by atoms with Gasteiger partial charge in [0, 0.05) is 45.1 Å². The molecule has 0 spiro atoms. The third kappa shape index (κ3) is 3.14. The predicted molar refractivity (Wildman–Crippen MR) is 86.4 cm³/mol. The lowest BCUT2D eigenvalue weighted by Gasteiger charge is -2.34. The van der Waals surface area contributed by atoms with Crippen molar-refractivity contribution in [1.82, 2.24) is 9.80 Å². The topological polar surface area (TPSA) is 6.48 Å². The number of piperazine rings is 1. The van der Waals surface area contributed by atoms with E-state index in [0.29, 0.717) is 0 Å². The van der Waals surface area contributed by atoms with Crippen LogP contribution < -0.4 is 0 Å². The zero-order valence-electron chi connectivity index (χ0n) is 11.8. The van der Waals surface area contributed by atoms with Gasteiger partial charge in [0.1, 0.15) is 0 Å². The molecule has 0 aliphatic carbocycles. The molecule has 3 heteroatoms. The lowest BCUT2D eigenvalue weighted by Crippen LogP contribution is -2.46. The van der Waals surface area contributed by atoms with Gasteiger partial charge in [-0.15, -0.1) is 11.6 Å². The first-order valence-corrected chi connectivity index (χ1v) is 7.87. The summed E-state index contributed by atoms with van der Waals surface area (Å²) in [7, 11) is 0. The number of fused-ring (bicyclic) bond motifs is 1. The number of rotatable bonds is 4. The second-order valence-electron chi connectivity index (χ2n) is 5.45. The summed E-state index contributed by atoms with van der Waals surface area (Å²) < 4.78 is 0. The van der Waals surface area contributed by atoms with Crippen molar-refractivity contribution in [3.63, 3.8) is 0 Å². The second kappa shape index (κ2) is 6.57. The molecule has 0 radical (unpaired) electrons. The first kappa shape index (κ1) is 13.9. The van der Waals surface area contributed by atoms with Crippen LogP contribution in [0.3, 0.4) is 0 Å². The van der Waals surface area contributed by atoms with Gasteiger partial charge in [0.15, 0.2) is 0 Å². The lowest BCUT2D eigenvalue weighted by atomic mass is 10.0. The number of hydrogen-bond acceptors (Lipinski definition) is 2. The Morgan fingerprint density at radius 3 is 2.35 bits per heavy atom. The molecule has 0 amide bonds. The smallest absolute Gasteiger partial charge is 0.0351 e. The van der Waals surface area contributed by atoms with Gasteiger partial charge in [-0.05, 0) is 16.3 Å². The quantitative estimate of drug-likeness (QED) is 0.797. The van der Waals surface area contributed by atoms with Crippen molar-refractivity contribution in [3.05, 3.63) is 48.0 Å². The van der Waals surface area contributed by atoms with Crippen LogP contribution in [-0.4, -0.2) is 48.4 Å². The summed E-state index contributed by atoms with van der Waals surface area (Å²) in [6.45, 7) is 6.62. The van der Waals surface area contributed by atoms with E-state index in [9.17, 15) is 0 Å². The molecule has 1 heterocycles. The number of benzene rings is 2. The minimum absolute atomic E-state index is 0.739. The molecule has 1 fully saturated rings. The molecule has 0 atom stereocenters. The molecule has 2 aromatic carbocycles. The van der Waals surface area contributed by atoms with Crippen molar-refractivity contribution >= 4 is 22.4 Å². The van der Waals surface area contributed by atoms with Crippen LogP contribution in [-0.2, 0) is 6.54 Å². The zero-order valence-corrected chi connectivity index (χ0v) is 12.5. The number of nitrogens with zero attached hydrogens (tertiary/aromatic N) is 2. The molecule has 2 nitrogen and oxygen atoms in total. The molecule has 1 saturated heterocycles. The minimum atomic E-state index is 0.739. The van der Waals surface area contributed by atoms with E-state index in [1.807, 2.05) is 0 Å². The van der Waals surface area contributed by atoms with Crippen LogP contribution in [0.4, 0.5) is 0 Å². The van der Waals surface area contributed by atoms with Gasteiger partial charge in [0.2, 0.25) is 0 Å². The molecule has 2 aromatic rings. The normalized spacial score (nSPS) is 17.6. The number of hydrogen-bond donors (Lipinski definition) is 0. The summed E-state index contributed by atoms with van der Waals surface area (Å²) in [5.41, 5.74) is 1.44. The fraction of sp³-hybridized carbons (Fsp3) is 0.412. The maximum absolute atomic E-state index is 5.81. The van der Waals surface area contributed by atoms with Crippen LogP contribution >= 0.6 is 11.6 Å². The van der Waals surface area contributed by atoms with Gasteiger partial charge in [-0.2, -0.15) is 0 Å². The largest absolute Gasteiger partial charge is 0.300 e. The molecule has 3 rings (SSSR count). The summed E-state index contributed by atoms with van der Waals surface area (Å²) in [4.78, 5) is 5.00. The maximum Gasteiger partial charge on any atom is 0.0351 e. The number of halogens is 1. The van der Waals surface area contributed by atoms with Gasteiger partial charge in [-0.1, -0.05) is 42.5 Å². The molecule has 106 valence electrons. The van der Waals surface area contributed by atoms with E-state index in [1.165, 1.54) is 16.3 Å². The Morgan fingerprint density at radius 2 is 1.55 bits per heavy atom. The Balaban J connectivity index is 1.68. The van der Waals surface area contributed by atoms with Crippen LogP contribution in [0.2, 0.25) is 0 Å². The van der Waals surface area contributed by atoms with Gasteiger partial charge in [0.25, 0.3) is 0 Å². The molecule has 1 aliphatic heterocycles. The summed E-state index contributed by atoms with van der Waals surface area (Å²) in [6.07, 6.45) is 0. The fourth-order valence-corrected chi connectivity index (χ4v) is 3.20. The highest BCUT2D eigenvalue weighted by Gasteiger charge is 2.16. The monoisotopic (exact) mass is 288 g/mol. The van der Waals surface area contributed by atoms with E-state index < -0.39 is 0 Å². The van der Waals surface area contributed by atoms with E-state index in [4.69, 9.17) is 11.6 Å². The van der Waals surface area contributed by atoms with Crippen molar-refractivity contribution < 1.29 is 0 Å². The highest BCUT2D eigenvalue weighted by atomic mass is 35.5. The molecular weight excluding hydrogens is 268 g/mol. The summed E-state index contributed by atoms with van der Waals surface area (Å²) >= 11 is 5.81. The van der Waals surface area contributed by atoms with E-state index >= 15 is 0 Å². The van der Waals surface area contributed by atoms with Crippen LogP contribution in [0.5, 0.6) is 0 Å². The molecule has 20 heavy (non-hydrogen) atoms. The Bertz CT molecular complexity index is 556. The Labute approximate surface area is 125 Å². The first-order chi connectivity index (χ1) is 9.86. The van der Waals surface area contributed by atoms with Crippen LogP contribution in [0.25, 0.3) is 10.8 Å². The average molecular weight is 289 g/mol. The summed E-state index contributed by atoms with van der Waals surface area (Å²) in [5, 5.41) is 2.73. The molecular formula is C17H21ClN2. The van der Waals surface area contributed by atoms with Crippen LogP contribution in [0.15, 0.2) is 42.5 Å². The highest BCUT2D eigenvalue weighted by molar-refractivity contribution is 6.18. The molecule has 0 saturated carbocycles. The van der Waals surface area contributed by atoms with Crippen molar-refractivity contribution in [2.75, 3.05) is 38.6 Å². The molecule has 0 aromatic heterocycles. The summed E-state index contributed by atoms with van der Waals surface area (Å²) in [6, 6.07) is 15.3. The lowest BCUT2D eigenvalue weighted by molar-refractivity contribution is 0.133. The van der Waals surface area contributed by atoms with Gasteiger partial charge in [-0.3, -0.25) is 9.80 Å². The predicted octanol–water partition coefficient (Wildman–Crippen LogP) is 3.20. The highest BCUT2D eigenvalue weighted by Crippen LogP contribution is 2.20. The van der Waals surface area contributed by atoms with Gasteiger partial charge < -0.3 is 0 Å².